The Morgan fingerprint density at radius 1 is 1.29 bits per heavy atom. The van der Waals surface area contributed by atoms with Crippen LogP contribution in [0, 0.1) is 11.8 Å². The van der Waals surface area contributed by atoms with Gasteiger partial charge in [-0.05, 0) is 42.2 Å². The second kappa shape index (κ2) is 7.46. The molecule has 1 atom stereocenters. The molecule has 1 aromatic carbocycles. The number of rotatable bonds is 7. The van der Waals surface area contributed by atoms with E-state index in [0.717, 1.165) is 6.42 Å². The van der Waals surface area contributed by atoms with E-state index in [4.69, 9.17) is 5.11 Å². The monoisotopic (exact) mass is 290 g/mol. The molecule has 0 saturated heterocycles. The summed E-state index contributed by atoms with van der Waals surface area (Å²) in [5, 5.41) is 14.4. The van der Waals surface area contributed by atoms with Gasteiger partial charge >= 0.3 is 6.03 Å². The molecule has 116 valence electrons. The Bertz CT molecular complexity index is 452. The Kier molecular flexibility index (Phi) is 5.62. The molecule has 1 aliphatic rings. The van der Waals surface area contributed by atoms with Gasteiger partial charge in [-0.2, -0.15) is 0 Å². The van der Waals surface area contributed by atoms with E-state index in [0.29, 0.717) is 11.8 Å². The summed E-state index contributed by atoms with van der Waals surface area (Å²) in [6.45, 7) is 4.68. The molecular formula is C17H26N2O2. The highest BCUT2D eigenvalue weighted by Crippen LogP contribution is 2.41. The molecule has 0 radical (unpaired) electrons. The van der Waals surface area contributed by atoms with E-state index < -0.39 is 0 Å². The molecule has 4 heteroatoms. The lowest BCUT2D eigenvalue weighted by Crippen LogP contribution is -2.39. The van der Waals surface area contributed by atoms with Crippen molar-refractivity contribution in [3.8, 4) is 0 Å². The molecule has 0 heterocycles. The highest BCUT2D eigenvalue weighted by atomic mass is 16.3. The SMILES string of the molecule is CC(C)Cc1ccc(C(NC(=O)NCCO)C2CC2)cc1. The fourth-order valence-corrected chi connectivity index (χ4v) is 2.60. The minimum absolute atomic E-state index is 0.0363. The van der Waals surface area contributed by atoms with Crippen LogP contribution in [0.2, 0.25) is 0 Å². The second-order valence-electron chi connectivity index (χ2n) is 6.28. The van der Waals surface area contributed by atoms with Gasteiger partial charge in [0.2, 0.25) is 0 Å². The Morgan fingerprint density at radius 2 is 1.95 bits per heavy atom. The summed E-state index contributed by atoms with van der Waals surface area (Å²) in [6.07, 6.45) is 3.41. The average Bonchev–Trinajstić information content (AvgIpc) is 3.27. The van der Waals surface area contributed by atoms with Crippen molar-refractivity contribution in [2.75, 3.05) is 13.2 Å². The van der Waals surface area contributed by atoms with E-state index in [1.807, 2.05) is 0 Å². The van der Waals surface area contributed by atoms with Crippen LogP contribution in [-0.2, 0) is 6.42 Å². The van der Waals surface area contributed by atoms with Gasteiger partial charge in [0.1, 0.15) is 0 Å². The summed E-state index contributed by atoms with van der Waals surface area (Å²) in [6, 6.07) is 8.47. The zero-order chi connectivity index (χ0) is 15.2. The van der Waals surface area contributed by atoms with Crippen molar-refractivity contribution in [3.05, 3.63) is 35.4 Å². The largest absolute Gasteiger partial charge is 0.395 e. The van der Waals surface area contributed by atoms with Crippen molar-refractivity contribution in [1.29, 1.82) is 0 Å². The first-order chi connectivity index (χ1) is 10.1. The van der Waals surface area contributed by atoms with E-state index in [1.165, 1.54) is 24.0 Å². The average molecular weight is 290 g/mol. The van der Waals surface area contributed by atoms with Gasteiger partial charge in [0.15, 0.2) is 0 Å². The maximum atomic E-state index is 11.8. The van der Waals surface area contributed by atoms with Crippen molar-refractivity contribution in [1.82, 2.24) is 10.6 Å². The van der Waals surface area contributed by atoms with Crippen LogP contribution in [0.1, 0.15) is 43.9 Å². The topological polar surface area (TPSA) is 61.4 Å². The zero-order valence-electron chi connectivity index (χ0n) is 12.9. The van der Waals surface area contributed by atoms with Crippen LogP contribution in [0.3, 0.4) is 0 Å². The summed E-state index contributed by atoms with van der Waals surface area (Å²) in [7, 11) is 0. The molecule has 4 nitrogen and oxygen atoms in total. The molecule has 1 aromatic rings. The smallest absolute Gasteiger partial charge is 0.315 e. The summed E-state index contributed by atoms with van der Waals surface area (Å²) in [4.78, 5) is 11.8. The molecule has 21 heavy (non-hydrogen) atoms. The lowest BCUT2D eigenvalue weighted by Gasteiger charge is -2.19. The molecule has 1 unspecified atom stereocenters. The molecule has 2 rings (SSSR count). The van der Waals surface area contributed by atoms with Gasteiger partial charge < -0.3 is 15.7 Å². The molecule has 3 N–H and O–H groups in total. The van der Waals surface area contributed by atoms with Gasteiger partial charge in [0, 0.05) is 6.54 Å². The lowest BCUT2D eigenvalue weighted by molar-refractivity contribution is 0.229. The fourth-order valence-electron chi connectivity index (χ4n) is 2.60. The van der Waals surface area contributed by atoms with Crippen LogP contribution in [0.25, 0.3) is 0 Å². The van der Waals surface area contributed by atoms with E-state index in [1.54, 1.807) is 0 Å². The predicted octanol–water partition coefficient (Wildman–Crippen LogP) is 2.63. The van der Waals surface area contributed by atoms with Crippen molar-refractivity contribution in [2.24, 2.45) is 11.8 Å². The normalized spacial score (nSPS) is 15.8. The Morgan fingerprint density at radius 3 is 2.48 bits per heavy atom. The van der Waals surface area contributed by atoms with Gasteiger partial charge in [0.05, 0.1) is 12.6 Å². The number of carbonyl (C=O) groups excluding carboxylic acids is 1. The molecular weight excluding hydrogens is 264 g/mol. The molecule has 0 aromatic heterocycles. The molecule has 1 saturated carbocycles. The molecule has 0 spiro atoms. The quantitative estimate of drug-likeness (QED) is 0.723. The van der Waals surface area contributed by atoms with E-state index in [2.05, 4.69) is 48.7 Å². The molecule has 1 fully saturated rings. The van der Waals surface area contributed by atoms with Crippen molar-refractivity contribution < 1.29 is 9.90 Å². The number of hydrogen-bond acceptors (Lipinski definition) is 2. The number of carbonyl (C=O) groups is 1. The summed E-state index contributed by atoms with van der Waals surface area (Å²) < 4.78 is 0. The van der Waals surface area contributed by atoms with Crippen LogP contribution in [-0.4, -0.2) is 24.3 Å². The molecule has 0 aliphatic heterocycles. The van der Waals surface area contributed by atoms with Gasteiger partial charge in [-0.3, -0.25) is 0 Å². The first-order valence-corrected chi connectivity index (χ1v) is 7.84. The van der Waals surface area contributed by atoms with Crippen molar-refractivity contribution in [2.45, 2.75) is 39.2 Å². The van der Waals surface area contributed by atoms with Crippen molar-refractivity contribution in [3.63, 3.8) is 0 Å². The van der Waals surface area contributed by atoms with Gasteiger partial charge in [-0.25, -0.2) is 4.79 Å². The maximum absolute atomic E-state index is 11.8. The fraction of sp³-hybridized carbons (Fsp3) is 0.588. The van der Waals surface area contributed by atoms with Crippen LogP contribution in [0.15, 0.2) is 24.3 Å². The highest BCUT2D eigenvalue weighted by Gasteiger charge is 2.33. The standard InChI is InChI=1S/C17H26N2O2/c1-12(2)11-13-3-5-14(6-4-13)16(15-7-8-15)19-17(21)18-9-10-20/h3-6,12,15-16,20H,7-11H2,1-2H3,(H2,18,19,21). The third-order valence-electron chi connectivity index (χ3n) is 3.76. The Labute approximate surface area is 126 Å². The van der Waals surface area contributed by atoms with Gasteiger partial charge in [0.25, 0.3) is 0 Å². The number of benzene rings is 1. The van der Waals surface area contributed by atoms with Crippen LogP contribution in [0.4, 0.5) is 4.79 Å². The van der Waals surface area contributed by atoms with Gasteiger partial charge in [-0.1, -0.05) is 38.1 Å². The first kappa shape index (κ1) is 15.8. The van der Waals surface area contributed by atoms with Crippen LogP contribution in [0.5, 0.6) is 0 Å². The summed E-state index contributed by atoms with van der Waals surface area (Å²) in [5.74, 6) is 1.19. The number of aliphatic hydroxyl groups is 1. The second-order valence-corrected chi connectivity index (χ2v) is 6.28. The highest BCUT2D eigenvalue weighted by molar-refractivity contribution is 5.74. The third kappa shape index (κ3) is 5.05. The predicted molar refractivity (Wildman–Crippen MR) is 84.1 cm³/mol. The first-order valence-electron chi connectivity index (χ1n) is 7.84. The summed E-state index contributed by atoms with van der Waals surface area (Å²) >= 11 is 0. The zero-order valence-corrected chi connectivity index (χ0v) is 12.9. The molecule has 0 bridgehead atoms. The molecule has 1 aliphatic carbocycles. The third-order valence-corrected chi connectivity index (χ3v) is 3.76. The van der Waals surface area contributed by atoms with Crippen molar-refractivity contribution >= 4 is 6.03 Å². The van der Waals surface area contributed by atoms with Crippen LogP contribution < -0.4 is 10.6 Å². The number of hydrogen-bond donors (Lipinski definition) is 3. The Hall–Kier alpha value is -1.55. The number of nitrogens with one attached hydrogen (secondary N) is 2. The minimum Gasteiger partial charge on any atom is -0.395 e. The number of amides is 2. The number of aliphatic hydroxyl groups excluding tert-OH is 1. The molecule has 2 amide bonds. The van der Waals surface area contributed by atoms with E-state index >= 15 is 0 Å². The van der Waals surface area contributed by atoms with E-state index in [9.17, 15) is 4.79 Å². The summed E-state index contributed by atoms with van der Waals surface area (Å²) in [5.41, 5.74) is 2.51. The maximum Gasteiger partial charge on any atom is 0.315 e. The Balaban J connectivity index is 1.99. The minimum atomic E-state index is -0.202. The number of urea groups is 1. The van der Waals surface area contributed by atoms with Crippen LogP contribution >= 0.6 is 0 Å². The lowest BCUT2D eigenvalue weighted by atomic mass is 9.97. The van der Waals surface area contributed by atoms with Gasteiger partial charge in [-0.15, -0.1) is 0 Å². The van der Waals surface area contributed by atoms with E-state index in [-0.39, 0.29) is 25.2 Å².